The minimum atomic E-state index is -0.692. The summed E-state index contributed by atoms with van der Waals surface area (Å²) in [7, 11) is 1.61. The molecule has 0 aromatic heterocycles. The molecule has 126 valence electrons. The molecule has 0 saturated heterocycles. The largest absolute Gasteiger partial charge is 0.497 e. The molecule has 0 fully saturated rings. The molecule has 1 atom stereocenters. The van der Waals surface area contributed by atoms with E-state index in [0.29, 0.717) is 24.5 Å². The highest BCUT2D eigenvalue weighted by Crippen LogP contribution is 2.45. The zero-order valence-electron chi connectivity index (χ0n) is 14.3. The van der Waals surface area contributed by atoms with Gasteiger partial charge in [-0.15, -0.1) is 0 Å². The van der Waals surface area contributed by atoms with Crippen molar-refractivity contribution in [2.75, 3.05) is 20.3 Å². The van der Waals surface area contributed by atoms with Crippen molar-refractivity contribution in [2.45, 2.75) is 39.4 Å². The van der Waals surface area contributed by atoms with E-state index in [4.69, 9.17) is 18.9 Å². The average Bonchev–Trinajstić information content (AvgIpc) is 2.79. The molecule has 5 nitrogen and oxygen atoms in total. The van der Waals surface area contributed by atoms with Gasteiger partial charge >= 0.3 is 5.97 Å². The molecule has 23 heavy (non-hydrogen) atoms. The molecule has 2 rings (SSSR count). The van der Waals surface area contributed by atoms with E-state index in [9.17, 15) is 4.79 Å². The lowest BCUT2D eigenvalue weighted by atomic mass is 9.99. The molecule has 0 bridgehead atoms. The smallest absolute Gasteiger partial charge is 0.340 e. The van der Waals surface area contributed by atoms with Gasteiger partial charge in [0.1, 0.15) is 28.8 Å². The van der Waals surface area contributed by atoms with Gasteiger partial charge in [-0.3, -0.25) is 0 Å². The Hall–Kier alpha value is -2.01. The van der Waals surface area contributed by atoms with Crippen LogP contribution in [0.3, 0.4) is 0 Å². The molecule has 1 aromatic carbocycles. The summed E-state index contributed by atoms with van der Waals surface area (Å²) in [6, 6.07) is 7.45. The molecule has 0 saturated carbocycles. The summed E-state index contributed by atoms with van der Waals surface area (Å²) < 4.78 is 22.2. The third-order valence-corrected chi connectivity index (χ3v) is 3.67. The molecule has 0 radical (unpaired) electrons. The first kappa shape index (κ1) is 17.3. The van der Waals surface area contributed by atoms with Crippen LogP contribution in [0, 0.1) is 0 Å². The van der Waals surface area contributed by atoms with E-state index in [0.717, 1.165) is 11.3 Å². The van der Waals surface area contributed by atoms with Crippen molar-refractivity contribution in [2.24, 2.45) is 0 Å². The van der Waals surface area contributed by atoms with Crippen molar-refractivity contribution in [3.8, 4) is 5.75 Å². The summed E-state index contributed by atoms with van der Waals surface area (Å²) in [5.41, 5.74) is 0.600. The number of esters is 1. The number of methoxy groups -OCH3 is 1. The molecule has 1 heterocycles. The van der Waals surface area contributed by atoms with Gasteiger partial charge in [0.15, 0.2) is 0 Å². The number of ether oxygens (including phenoxy) is 4. The fourth-order valence-electron chi connectivity index (χ4n) is 2.67. The minimum absolute atomic E-state index is 0.303. The van der Waals surface area contributed by atoms with Crippen molar-refractivity contribution in [3.05, 3.63) is 41.2 Å². The Morgan fingerprint density at radius 2 is 1.83 bits per heavy atom. The SMILES string of the molecule is CCOC(=O)C1=C(OCC)C(C)(C)O[C@H]1c1ccc(OC)cc1. The van der Waals surface area contributed by atoms with Crippen LogP contribution in [0.15, 0.2) is 35.6 Å². The molecule has 5 heteroatoms. The summed E-state index contributed by atoms with van der Waals surface area (Å²) in [6.07, 6.45) is -0.517. The maximum Gasteiger partial charge on any atom is 0.340 e. The van der Waals surface area contributed by atoms with Gasteiger partial charge in [0.2, 0.25) is 0 Å². The first-order valence-electron chi connectivity index (χ1n) is 7.80. The molecule has 0 unspecified atom stereocenters. The number of benzene rings is 1. The lowest BCUT2D eigenvalue weighted by Gasteiger charge is -2.23. The molecular weight excluding hydrogens is 296 g/mol. The van der Waals surface area contributed by atoms with Crippen LogP contribution < -0.4 is 4.74 Å². The Balaban J connectivity index is 2.46. The van der Waals surface area contributed by atoms with E-state index in [1.54, 1.807) is 14.0 Å². The highest BCUT2D eigenvalue weighted by Gasteiger charge is 2.46. The van der Waals surface area contributed by atoms with Crippen LogP contribution >= 0.6 is 0 Å². The summed E-state index contributed by atoms with van der Waals surface area (Å²) in [5.74, 6) is 0.888. The van der Waals surface area contributed by atoms with E-state index in [-0.39, 0.29) is 0 Å². The van der Waals surface area contributed by atoms with Gasteiger partial charge in [0.05, 0.1) is 20.3 Å². The molecule has 0 amide bonds. The average molecular weight is 320 g/mol. The predicted molar refractivity (Wildman–Crippen MR) is 86.2 cm³/mol. The summed E-state index contributed by atoms with van der Waals surface area (Å²) in [6.45, 7) is 8.20. The summed E-state index contributed by atoms with van der Waals surface area (Å²) in [5, 5.41) is 0. The standard InChI is InChI=1S/C18H24O5/c1-6-21-16-14(17(19)22-7-2)15(23-18(16,3)4)12-8-10-13(20-5)11-9-12/h8-11,15H,6-7H2,1-5H3/t15-/m0/s1. The van der Waals surface area contributed by atoms with Gasteiger partial charge in [-0.1, -0.05) is 12.1 Å². The van der Waals surface area contributed by atoms with Crippen LogP contribution in [-0.2, 0) is 19.0 Å². The fourth-order valence-corrected chi connectivity index (χ4v) is 2.67. The number of rotatable bonds is 6. The summed E-state index contributed by atoms with van der Waals surface area (Å²) in [4.78, 5) is 12.5. The molecule has 0 N–H and O–H groups in total. The van der Waals surface area contributed by atoms with Crippen molar-refractivity contribution >= 4 is 5.97 Å². The molecular formula is C18H24O5. The first-order chi connectivity index (χ1) is 10.9. The summed E-state index contributed by atoms with van der Waals surface area (Å²) >= 11 is 0. The third kappa shape index (κ3) is 3.50. The molecule has 1 aliphatic heterocycles. The van der Waals surface area contributed by atoms with Gasteiger partial charge in [-0.05, 0) is 45.4 Å². The maximum absolute atomic E-state index is 12.5. The number of carbonyl (C=O) groups excluding carboxylic acids is 1. The van der Waals surface area contributed by atoms with Gasteiger partial charge in [0, 0.05) is 0 Å². The molecule has 1 aliphatic rings. The van der Waals surface area contributed by atoms with Gasteiger partial charge in [-0.2, -0.15) is 0 Å². The lowest BCUT2D eigenvalue weighted by Crippen LogP contribution is -2.24. The number of hydrogen-bond donors (Lipinski definition) is 0. The number of hydrogen-bond acceptors (Lipinski definition) is 5. The van der Waals surface area contributed by atoms with Crippen LogP contribution in [0.25, 0.3) is 0 Å². The van der Waals surface area contributed by atoms with Crippen LogP contribution in [0.2, 0.25) is 0 Å². The van der Waals surface area contributed by atoms with Crippen molar-refractivity contribution in [1.82, 2.24) is 0 Å². The minimum Gasteiger partial charge on any atom is -0.497 e. The normalized spacial score (nSPS) is 19.6. The van der Waals surface area contributed by atoms with Crippen LogP contribution in [0.5, 0.6) is 5.75 Å². The van der Waals surface area contributed by atoms with E-state index < -0.39 is 17.7 Å². The second kappa shape index (κ2) is 7.04. The molecule has 0 spiro atoms. The molecule has 0 aliphatic carbocycles. The molecule has 1 aromatic rings. The van der Waals surface area contributed by atoms with Gasteiger partial charge in [-0.25, -0.2) is 4.79 Å². The van der Waals surface area contributed by atoms with Crippen molar-refractivity contribution in [3.63, 3.8) is 0 Å². The highest BCUT2D eigenvalue weighted by molar-refractivity contribution is 5.91. The Labute approximate surface area is 137 Å². The Bertz CT molecular complexity index is 586. The number of carbonyl (C=O) groups is 1. The third-order valence-electron chi connectivity index (χ3n) is 3.67. The van der Waals surface area contributed by atoms with Crippen molar-refractivity contribution in [1.29, 1.82) is 0 Å². The lowest BCUT2D eigenvalue weighted by molar-refractivity contribution is -0.139. The zero-order chi connectivity index (χ0) is 17.0. The van der Waals surface area contributed by atoms with E-state index >= 15 is 0 Å². The van der Waals surface area contributed by atoms with Gasteiger partial charge in [0.25, 0.3) is 0 Å². The quantitative estimate of drug-likeness (QED) is 0.752. The maximum atomic E-state index is 12.5. The Morgan fingerprint density at radius 3 is 2.35 bits per heavy atom. The van der Waals surface area contributed by atoms with E-state index in [1.807, 2.05) is 45.0 Å². The van der Waals surface area contributed by atoms with Crippen LogP contribution in [0.4, 0.5) is 0 Å². The van der Waals surface area contributed by atoms with Crippen LogP contribution in [0.1, 0.15) is 39.4 Å². The monoisotopic (exact) mass is 320 g/mol. The van der Waals surface area contributed by atoms with Crippen molar-refractivity contribution < 1.29 is 23.7 Å². The second-order valence-electron chi connectivity index (χ2n) is 5.68. The van der Waals surface area contributed by atoms with E-state index in [1.165, 1.54) is 0 Å². The topological polar surface area (TPSA) is 54.0 Å². The zero-order valence-corrected chi connectivity index (χ0v) is 14.3. The van der Waals surface area contributed by atoms with Crippen LogP contribution in [-0.4, -0.2) is 31.9 Å². The highest BCUT2D eigenvalue weighted by atomic mass is 16.6. The fraction of sp³-hybridized carbons (Fsp3) is 0.500. The predicted octanol–water partition coefficient (Wildman–Crippen LogP) is 3.40. The Kier molecular flexibility index (Phi) is 5.31. The first-order valence-corrected chi connectivity index (χ1v) is 7.80. The van der Waals surface area contributed by atoms with E-state index in [2.05, 4.69) is 0 Å². The Morgan fingerprint density at radius 1 is 1.17 bits per heavy atom. The second-order valence-corrected chi connectivity index (χ2v) is 5.68. The van der Waals surface area contributed by atoms with Gasteiger partial charge < -0.3 is 18.9 Å².